The van der Waals surface area contributed by atoms with Crippen LogP contribution in [0.4, 0.5) is 13.2 Å². The average molecular weight is 199 g/mol. The maximum absolute atomic E-state index is 12.2. The molecule has 1 heterocycles. The molecule has 3 atom stereocenters. The Labute approximate surface area is 73.9 Å². The zero-order valence-electron chi connectivity index (χ0n) is 6.77. The molecule has 1 fully saturated rings. The highest BCUT2D eigenvalue weighted by atomic mass is 32.2. The van der Waals surface area contributed by atoms with Crippen LogP contribution in [0.1, 0.15) is 19.8 Å². The highest BCUT2D eigenvalue weighted by molar-refractivity contribution is 8.00. The van der Waals surface area contributed by atoms with Gasteiger partial charge in [-0.15, -0.1) is 11.8 Å². The van der Waals surface area contributed by atoms with Crippen LogP contribution in [0.5, 0.6) is 0 Å². The molecule has 0 aliphatic carbocycles. The second-order valence-corrected chi connectivity index (χ2v) is 4.73. The van der Waals surface area contributed by atoms with Crippen molar-refractivity contribution in [1.29, 1.82) is 0 Å². The maximum Gasteiger partial charge on any atom is 0.400 e. The van der Waals surface area contributed by atoms with Gasteiger partial charge in [0, 0.05) is 0 Å². The predicted octanol–water partition coefficient (Wildman–Crippen LogP) is 2.37. The van der Waals surface area contributed by atoms with Gasteiger partial charge in [0.1, 0.15) is 5.25 Å². The first-order valence-electron chi connectivity index (χ1n) is 3.87. The first-order valence-corrected chi connectivity index (χ1v) is 4.81. The molecule has 0 aromatic carbocycles. The van der Waals surface area contributed by atoms with Gasteiger partial charge in [-0.25, -0.2) is 0 Å². The molecule has 0 aromatic heterocycles. The van der Waals surface area contributed by atoms with Crippen LogP contribution in [-0.4, -0.2) is 16.8 Å². The van der Waals surface area contributed by atoms with Gasteiger partial charge in [-0.1, -0.05) is 6.92 Å². The quantitative estimate of drug-likeness (QED) is 0.648. The molecular weight excluding hydrogens is 187 g/mol. The minimum atomic E-state index is -4.09. The summed E-state index contributed by atoms with van der Waals surface area (Å²) in [6.45, 7) is 1.82. The third kappa shape index (κ3) is 2.55. The Hall–Kier alpha value is 0.100. The predicted molar refractivity (Wildman–Crippen MR) is 43.8 cm³/mol. The van der Waals surface area contributed by atoms with Gasteiger partial charge in [0.15, 0.2) is 0 Å². The van der Waals surface area contributed by atoms with Crippen molar-refractivity contribution in [1.82, 2.24) is 0 Å². The largest absolute Gasteiger partial charge is 0.400 e. The summed E-state index contributed by atoms with van der Waals surface area (Å²) in [4.78, 5) is 0. The van der Waals surface area contributed by atoms with Gasteiger partial charge in [-0.05, 0) is 18.8 Å². The van der Waals surface area contributed by atoms with Crippen molar-refractivity contribution in [2.75, 3.05) is 0 Å². The highest BCUT2D eigenvalue weighted by Crippen LogP contribution is 2.41. The van der Waals surface area contributed by atoms with Crippen LogP contribution >= 0.6 is 11.8 Å². The summed E-state index contributed by atoms with van der Waals surface area (Å²) in [6.07, 6.45) is -3.18. The lowest BCUT2D eigenvalue weighted by atomic mass is 10.0. The van der Waals surface area contributed by atoms with Gasteiger partial charge in [-0.2, -0.15) is 13.2 Å². The van der Waals surface area contributed by atoms with Crippen molar-refractivity contribution < 1.29 is 13.2 Å². The lowest BCUT2D eigenvalue weighted by Gasteiger charge is -2.31. The number of thioether (sulfide) groups is 1. The van der Waals surface area contributed by atoms with Crippen molar-refractivity contribution in [2.45, 2.75) is 36.6 Å². The second kappa shape index (κ2) is 3.46. The Kier molecular flexibility index (Phi) is 2.93. The van der Waals surface area contributed by atoms with Crippen molar-refractivity contribution in [3.8, 4) is 0 Å². The molecule has 0 spiro atoms. The zero-order valence-corrected chi connectivity index (χ0v) is 7.58. The summed E-state index contributed by atoms with van der Waals surface area (Å²) in [5.74, 6) is 0.0906. The third-order valence-corrected chi connectivity index (χ3v) is 3.29. The molecule has 72 valence electrons. The number of hydrogen-bond donors (Lipinski definition) is 1. The fourth-order valence-electron chi connectivity index (χ4n) is 1.39. The fourth-order valence-corrected chi connectivity index (χ4v) is 2.85. The molecule has 1 aliphatic heterocycles. The van der Waals surface area contributed by atoms with Gasteiger partial charge in [0.2, 0.25) is 0 Å². The Morgan fingerprint density at radius 2 is 1.92 bits per heavy atom. The molecule has 2 N–H and O–H groups in total. The van der Waals surface area contributed by atoms with E-state index < -0.39 is 11.4 Å². The van der Waals surface area contributed by atoms with E-state index in [1.54, 1.807) is 0 Å². The molecule has 1 saturated heterocycles. The zero-order chi connectivity index (χ0) is 9.35. The van der Waals surface area contributed by atoms with Crippen LogP contribution in [0.2, 0.25) is 0 Å². The van der Waals surface area contributed by atoms with Crippen LogP contribution in [0.25, 0.3) is 0 Å². The van der Waals surface area contributed by atoms with Gasteiger partial charge < -0.3 is 5.73 Å². The van der Waals surface area contributed by atoms with E-state index in [-0.39, 0.29) is 17.7 Å². The van der Waals surface area contributed by atoms with Crippen molar-refractivity contribution in [2.24, 2.45) is 11.7 Å². The van der Waals surface area contributed by atoms with Crippen LogP contribution in [0, 0.1) is 5.92 Å². The summed E-state index contributed by atoms with van der Waals surface area (Å²) >= 11 is 0.850. The summed E-state index contributed by atoms with van der Waals surface area (Å²) < 4.78 is 36.6. The van der Waals surface area contributed by atoms with E-state index in [9.17, 15) is 13.2 Å². The van der Waals surface area contributed by atoms with E-state index in [1.807, 2.05) is 6.92 Å². The highest BCUT2D eigenvalue weighted by Gasteiger charge is 2.43. The van der Waals surface area contributed by atoms with E-state index >= 15 is 0 Å². The second-order valence-electron chi connectivity index (χ2n) is 3.28. The molecule has 0 saturated carbocycles. The summed E-state index contributed by atoms with van der Waals surface area (Å²) in [5.41, 5.74) is 5.48. The Balaban J connectivity index is 2.55. The molecule has 3 unspecified atom stereocenters. The normalized spacial score (nSPS) is 38.2. The SMILES string of the molecule is CC1CC(N)SC(C(F)(F)F)C1. The molecule has 1 rings (SSSR count). The Morgan fingerprint density at radius 3 is 2.33 bits per heavy atom. The smallest absolute Gasteiger partial charge is 0.319 e. The first kappa shape index (κ1) is 10.2. The van der Waals surface area contributed by atoms with E-state index in [0.29, 0.717) is 6.42 Å². The molecule has 0 bridgehead atoms. The summed E-state index contributed by atoms with van der Waals surface area (Å²) in [6, 6.07) is 0. The summed E-state index contributed by atoms with van der Waals surface area (Å²) in [7, 11) is 0. The standard InChI is InChI=1S/C7H12F3NS/c1-4-2-5(7(8,9)10)12-6(11)3-4/h4-6H,2-3,11H2,1H3. The fraction of sp³-hybridized carbons (Fsp3) is 1.00. The minimum Gasteiger partial charge on any atom is -0.319 e. The third-order valence-electron chi connectivity index (χ3n) is 1.96. The van der Waals surface area contributed by atoms with Crippen LogP contribution < -0.4 is 5.73 Å². The lowest BCUT2D eigenvalue weighted by molar-refractivity contribution is -0.132. The van der Waals surface area contributed by atoms with Crippen LogP contribution in [-0.2, 0) is 0 Å². The molecule has 12 heavy (non-hydrogen) atoms. The topological polar surface area (TPSA) is 26.0 Å². The van der Waals surface area contributed by atoms with Gasteiger partial charge >= 0.3 is 6.18 Å². The monoisotopic (exact) mass is 199 g/mol. The first-order chi connectivity index (χ1) is 5.39. The van der Waals surface area contributed by atoms with Gasteiger partial charge in [-0.3, -0.25) is 0 Å². The Bertz CT molecular complexity index is 149. The molecule has 1 nitrogen and oxygen atoms in total. The van der Waals surface area contributed by atoms with E-state index in [4.69, 9.17) is 5.73 Å². The van der Waals surface area contributed by atoms with Crippen molar-refractivity contribution in [3.05, 3.63) is 0 Å². The number of halogens is 3. The van der Waals surface area contributed by atoms with E-state index in [0.717, 1.165) is 11.8 Å². The molecule has 0 aromatic rings. The summed E-state index contributed by atoms with van der Waals surface area (Å²) in [5, 5.41) is -1.60. The van der Waals surface area contributed by atoms with Crippen LogP contribution in [0.15, 0.2) is 0 Å². The molecular formula is C7H12F3NS. The number of nitrogens with two attached hydrogens (primary N) is 1. The van der Waals surface area contributed by atoms with Crippen molar-refractivity contribution >= 4 is 11.8 Å². The average Bonchev–Trinajstić information content (AvgIpc) is 1.82. The molecule has 1 aliphatic rings. The molecule has 0 radical (unpaired) electrons. The van der Waals surface area contributed by atoms with Gasteiger partial charge in [0.25, 0.3) is 0 Å². The van der Waals surface area contributed by atoms with Gasteiger partial charge in [0.05, 0.1) is 5.37 Å². The van der Waals surface area contributed by atoms with E-state index in [1.165, 1.54) is 0 Å². The van der Waals surface area contributed by atoms with Crippen molar-refractivity contribution in [3.63, 3.8) is 0 Å². The minimum absolute atomic E-state index is 0.0906. The lowest BCUT2D eigenvalue weighted by Crippen LogP contribution is -2.37. The number of rotatable bonds is 0. The molecule has 0 amide bonds. The Morgan fingerprint density at radius 1 is 1.33 bits per heavy atom. The van der Waals surface area contributed by atoms with E-state index in [2.05, 4.69) is 0 Å². The number of hydrogen-bond acceptors (Lipinski definition) is 2. The maximum atomic E-state index is 12.2. The number of alkyl halides is 3. The molecule has 5 heteroatoms. The van der Waals surface area contributed by atoms with Crippen LogP contribution in [0.3, 0.4) is 0 Å².